The summed E-state index contributed by atoms with van der Waals surface area (Å²) < 4.78 is 30.2. The normalized spacial score (nSPS) is 12.1. The molecule has 0 bridgehead atoms. The third kappa shape index (κ3) is 29.5. The molecule has 0 aromatic rings. The zero-order valence-corrected chi connectivity index (χ0v) is 29.1. The van der Waals surface area contributed by atoms with E-state index in [-0.39, 0.29) is 26.0 Å². The fourth-order valence-electron chi connectivity index (χ4n) is 3.53. The Bertz CT molecular complexity index is 576. The highest BCUT2D eigenvalue weighted by Gasteiger charge is 2.17. The third-order valence-electron chi connectivity index (χ3n) is 5.62. The van der Waals surface area contributed by atoms with Crippen molar-refractivity contribution in [2.75, 3.05) is 39.7 Å². The molecule has 1 amide bonds. The first-order chi connectivity index (χ1) is 18.6. The Morgan fingerprint density at radius 1 is 0.684 bits per heavy atom. The minimum absolute atomic E-state index is 0.0645. The van der Waals surface area contributed by atoms with E-state index in [1.54, 1.807) is 22.9 Å². The molecule has 0 fully saturated rings. The summed E-state index contributed by atoms with van der Waals surface area (Å²) in [6.45, 7) is 2.96. The highest BCUT2D eigenvalue weighted by molar-refractivity contribution is 14.1. The van der Waals surface area contributed by atoms with Crippen LogP contribution in [0.25, 0.3) is 0 Å². The van der Waals surface area contributed by atoms with Crippen LogP contribution in [0.5, 0.6) is 0 Å². The highest BCUT2D eigenvalue weighted by Crippen LogP contribution is 2.09. The quantitative estimate of drug-likeness (QED) is 0.0189. The highest BCUT2D eigenvalue weighted by atomic mass is 127. The fraction of sp³-hybridized carbons (Fsp3) is 0.846. The first kappa shape index (κ1) is 38.5. The van der Waals surface area contributed by atoms with Gasteiger partial charge in [0, 0.05) is 71.8 Å². The van der Waals surface area contributed by atoms with Gasteiger partial charge in [0.05, 0.1) is 29.5 Å². The fourth-order valence-corrected chi connectivity index (χ4v) is 4.45. The molecule has 1 atom stereocenters. The van der Waals surface area contributed by atoms with Crippen molar-refractivity contribution >= 4 is 80.7 Å². The van der Waals surface area contributed by atoms with Crippen LogP contribution in [0.1, 0.15) is 96.3 Å². The lowest BCUT2D eigenvalue weighted by Crippen LogP contribution is -2.31. The largest absolute Gasteiger partial charge is 0.456 e. The summed E-state index contributed by atoms with van der Waals surface area (Å²) in [6.07, 6.45) is 19.4. The number of hydrogen-bond donors (Lipinski definition) is 3. The van der Waals surface area contributed by atoms with Gasteiger partial charge in [0.2, 0.25) is 0 Å². The number of halogens is 3. The second-order valence-electron chi connectivity index (χ2n) is 9.01. The molecule has 0 rings (SSSR count). The van der Waals surface area contributed by atoms with Crippen LogP contribution in [-0.2, 0) is 23.7 Å². The maximum absolute atomic E-state index is 12.3. The summed E-state index contributed by atoms with van der Waals surface area (Å²) >= 11 is 6.06. The molecular formula is C26H48I3N3O6. The summed E-state index contributed by atoms with van der Waals surface area (Å²) in [5.74, 6) is -0.310. The number of esters is 1. The molecule has 0 radical (unpaired) electrons. The average Bonchev–Trinajstić information content (AvgIpc) is 2.92. The number of rotatable bonds is 28. The van der Waals surface area contributed by atoms with Crippen LogP contribution >= 0.6 is 68.6 Å². The minimum atomic E-state index is -0.663. The molecule has 3 N–H and O–H groups in total. The Morgan fingerprint density at radius 3 is 1.89 bits per heavy atom. The smallest absolute Gasteiger partial charge is 0.416 e. The topological polar surface area (TPSA) is 107 Å². The summed E-state index contributed by atoms with van der Waals surface area (Å²) in [5.41, 5.74) is 0. The monoisotopic (exact) mass is 879 g/mol. The van der Waals surface area contributed by atoms with Gasteiger partial charge >= 0.3 is 12.1 Å². The minimum Gasteiger partial charge on any atom is -0.456 e. The summed E-state index contributed by atoms with van der Waals surface area (Å²) in [7, 11) is 0. The van der Waals surface area contributed by atoms with Gasteiger partial charge in [-0.15, -0.1) is 0 Å². The van der Waals surface area contributed by atoms with E-state index >= 15 is 0 Å². The number of carbonyl (C=O) groups is 2. The van der Waals surface area contributed by atoms with Crippen LogP contribution in [0.3, 0.4) is 0 Å². The lowest BCUT2D eigenvalue weighted by molar-refractivity contribution is -0.159. The Kier molecular flexibility index (Phi) is 32.5. The van der Waals surface area contributed by atoms with Crippen LogP contribution in [0.4, 0.5) is 4.79 Å². The van der Waals surface area contributed by atoms with E-state index in [0.29, 0.717) is 13.0 Å². The van der Waals surface area contributed by atoms with Crippen molar-refractivity contribution in [3.8, 4) is 0 Å². The molecule has 0 aliphatic carbocycles. The van der Waals surface area contributed by atoms with Crippen molar-refractivity contribution in [3.05, 3.63) is 12.2 Å². The molecule has 0 aliphatic heterocycles. The molecule has 12 heteroatoms. The summed E-state index contributed by atoms with van der Waals surface area (Å²) in [4.78, 5) is 23.7. The number of unbranched alkanes of at least 4 members (excludes halogenated alkanes) is 11. The molecule has 0 heterocycles. The second-order valence-corrected chi connectivity index (χ2v) is 11.1. The molecule has 0 aromatic heterocycles. The number of ether oxygens (including phenoxy) is 4. The van der Waals surface area contributed by atoms with E-state index in [1.165, 1.54) is 51.4 Å². The Balaban J connectivity index is 3.89. The van der Waals surface area contributed by atoms with Crippen molar-refractivity contribution in [3.63, 3.8) is 0 Å². The molecule has 0 saturated carbocycles. The van der Waals surface area contributed by atoms with Crippen LogP contribution in [-0.4, -0.2) is 57.9 Å². The summed E-state index contributed by atoms with van der Waals surface area (Å²) in [5, 5.41) is 0. The van der Waals surface area contributed by atoms with Gasteiger partial charge in [-0.25, -0.2) is 4.79 Å². The molecular weight excluding hydrogens is 831 g/mol. The predicted molar refractivity (Wildman–Crippen MR) is 178 cm³/mol. The van der Waals surface area contributed by atoms with E-state index in [9.17, 15) is 9.59 Å². The Hall–Kier alpha value is 0.510. The van der Waals surface area contributed by atoms with E-state index in [0.717, 1.165) is 51.6 Å². The SMILES string of the molecule is O=C(CCCC/C=C\CCCCNI)OC(COCOCCCCCCCCCCNI)COC(=O)NI. The maximum atomic E-state index is 12.3. The van der Waals surface area contributed by atoms with E-state index < -0.39 is 12.2 Å². The van der Waals surface area contributed by atoms with Crippen LogP contribution in [0.2, 0.25) is 0 Å². The first-order valence-corrected chi connectivity index (χ1v) is 17.1. The van der Waals surface area contributed by atoms with Crippen LogP contribution in [0, 0.1) is 0 Å². The van der Waals surface area contributed by atoms with Crippen molar-refractivity contribution in [2.24, 2.45) is 0 Å². The van der Waals surface area contributed by atoms with Gasteiger partial charge in [-0.1, -0.05) is 50.7 Å². The molecule has 224 valence electrons. The molecule has 1 unspecified atom stereocenters. The molecule has 9 nitrogen and oxygen atoms in total. The maximum Gasteiger partial charge on any atom is 0.416 e. The van der Waals surface area contributed by atoms with Gasteiger partial charge < -0.3 is 18.9 Å². The van der Waals surface area contributed by atoms with Crippen LogP contribution < -0.4 is 10.6 Å². The van der Waals surface area contributed by atoms with Gasteiger partial charge in [-0.3, -0.25) is 15.4 Å². The van der Waals surface area contributed by atoms with E-state index in [2.05, 4.69) is 68.5 Å². The van der Waals surface area contributed by atoms with Gasteiger partial charge in [0.25, 0.3) is 0 Å². The van der Waals surface area contributed by atoms with Gasteiger partial charge in [0.1, 0.15) is 13.4 Å². The number of nitrogens with one attached hydrogen (secondary N) is 3. The predicted octanol–water partition coefficient (Wildman–Crippen LogP) is 7.25. The first-order valence-electron chi connectivity index (χ1n) is 13.8. The summed E-state index contributed by atoms with van der Waals surface area (Å²) in [6, 6.07) is 0. The zero-order valence-electron chi connectivity index (χ0n) is 22.7. The lowest BCUT2D eigenvalue weighted by atomic mass is 10.1. The van der Waals surface area contributed by atoms with E-state index in [1.807, 2.05) is 0 Å². The Labute approximate surface area is 271 Å². The van der Waals surface area contributed by atoms with Gasteiger partial charge in [-0.2, -0.15) is 0 Å². The second kappa shape index (κ2) is 32.0. The van der Waals surface area contributed by atoms with Gasteiger partial charge in [0.15, 0.2) is 6.10 Å². The lowest BCUT2D eigenvalue weighted by Gasteiger charge is -2.18. The van der Waals surface area contributed by atoms with Crippen molar-refractivity contribution in [2.45, 2.75) is 102 Å². The number of carbonyl (C=O) groups excluding carboxylic acids is 2. The Morgan fingerprint density at radius 2 is 1.26 bits per heavy atom. The average molecular weight is 879 g/mol. The van der Waals surface area contributed by atoms with E-state index in [4.69, 9.17) is 18.9 Å². The molecule has 0 aliphatic rings. The van der Waals surface area contributed by atoms with Crippen molar-refractivity contribution in [1.82, 2.24) is 10.6 Å². The number of hydrogen-bond acceptors (Lipinski definition) is 8. The zero-order chi connectivity index (χ0) is 27.9. The molecule has 0 saturated heterocycles. The number of amides is 1. The molecule has 0 aromatic carbocycles. The molecule has 38 heavy (non-hydrogen) atoms. The van der Waals surface area contributed by atoms with Crippen LogP contribution in [0.15, 0.2) is 12.2 Å². The number of allylic oxidation sites excluding steroid dienone is 2. The standard InChI is InChI=1S/C26H48I3N3O6/c27-30-18-14-10-6-2-1-5-9-13-17-25(33)38-24(22-37-26(34)32-29)21-36-23-35-20-16-12-8-4-3-7-11-15-19-31-28/h1-2,24,30-31H,3-23H2,(H,32,34)/b2-1-. The third-order valence-corrected chi connectivity index (χ3v) is 7.14. The van der Waals surface area contributed by atoms with Crippen molar-refractivity contribution < 1.29 is 28.5 Å². The van der Waals surface area contributed by atoms with Crippen molar-refractivity contribution in [1.29, 1.82) is 0 Å². The molecule has 0 spiro atoms. The van der Waals surface area contributed by atoms with Gasteiger partial charge in [-0.05, 0) is 51.4 Å².